The lowest BCUT2D eigenvalue weighted by Gasteiger charge is -2.18. The highest BCUT2D eigenvalue weighted by Crippen LogP contribution is 2.27. The number of nitrogens with zero attached hydrogens (tertiary/aromatic N) is 2. The van der Waals surface area contributed by atoms with Crippen molar-refractivity contribution in [3.05, 3.63) is 71.7 Å². The highest BCUT2D eigenvalue weighted by atomic mass is 32.2. The van der Waals surface area contributed by atoms with Crippen LogP contribution in [-0.2, 0) is 21.2 Å². The maximum atomic E-state index is 13.2. The van der Waals surface area contributed by atoms with Crippen molar-refractivity contribution in [2.24, 2.45) is 0 Å². The lowest BCUT2D eigenvalue weighted by atomic mass is 10.1. The number of carbonyl (C=O) groups excluding carboxylic acids is 1. The largest absolute Gasteiger partial charge is 0.354 e. The van der Waals surface area contributed by atoms with E-state index in [1.165, 1.54) is 12.1 Å². The third kappa shape index (κ3) is 4.78. The molecule has 0 saturated heterocycles. The summed E-state index contributed by atoms with van der Waals surface area (Å²) in [6.07, 6.45) is 1.97. The summed E-state index contributed by atoms with van der Waals surface area (Å²) in [4.78, 5) is 17.1. The molecule has 1 unspecified atom stereocenters. The van der Waals surface area contributed by atoms with Crippen LogP contribution in [0.2, 0.25) is 0 Å². The monoisotopic (exact) mass is 464 g/mol. The van der Waals surface area contributed by atoms with Crippen molar-refractivity contribution < 1.29 is 13.2 Å². The zero-order chi connectivity index (χ0) is 22.6. The van der Waals surface area contributed by atoms with Gasteiger partial charge in [0.2, 0.25) is 15.9 Å². The summed E-state index contributed by atoms with van der Waals surface area (Å²) in [7, 11) is -3.98. The molecule has 7 nitrogen and oxygen atoms in total. The number of nitriles is 1. The Morgan fingerprint density at radius 2 is 2.00 bits per heavy atom. The molecule has 2 aromatic carbocycles. The molecule has 2 aromatic heterocycles. The lowest BCUT2D eigenvalue weighted by Crippen LogP contribution is -2.48. The Labute approximate surface area is 189 Å². The van der Waals surface area contributed by atoms with Gasteiger partial charge in [-0.3, -0.25) is 9.78 Å². The molecule has 0 bridgehead atoms. The SMILES string of the molecule is N#CCCNC(=O)C(Cc1csc2ccccc12)NS(=O)(=O)c1ccc2ncccc2c1. The molecule has 0 aliphatic rings. The number of nitrogens with one attached hydrogen (secondary N) is 2. The number of fused-ring (bicyclic) bond motifs is 2. The van der Waals surface area contributed by atoms with Crippen LogP contribution in [0.4, 0.5) is 0 Å². The van der Waals surface area contributed by atoms with E-state index in [0.717, 1.165) is 15.6 Å². The van der Waals surface area contributed by atoms with Crippen LogP contribution in [0.3, 0.4) is 0 Å². The van der Waals surface area contributed by atoms with E-state index in [1.54, 1.807) is 35.7 Å². The molecule has 32 heavy (non-hydrogen) atoms. The highest BCUT2D eigenvalue weighted by molar-refractivity contribution is 7.89. The number of amides is 1. The van der Waals surface area contributed by atoms with Gasteiger partial charge in [0, 0.05) is 22.8 Å². The van der Waals surface area contributed by atoms with E-state index in [-0.39, 0.29) is 24.3 Å². The Morgan fingerprint density at radius 3 is 2.84 bits per heavy atom. The van der Waals surface area contributed by atoms with Crippen molar-refractivity contribution >= 4 is 48.3 Å². The van der Waals surface area contributed by atoms with E-state index in [9.17, 15) is 13.2 Å². The molecule has 0 radical (unpaired) electrons. The molecule has 0 aliphatic heterocycles. The summed E-state index contributed by atoms with van der Waals surface area (Å²) in [6, 6.07) is 16.9. The van der Waals surface area contributed by atoms with Crippen LogP contribution in [0.1, 0.15) is 12.0 Å². The number of hydrogen-bond donors (Lipinski definition) is 2. The van der Waals surface area contributed by atoms with Gasteiger partial charge in [-0.15, -0.1) is 11.3 Å². The third-order valence-corrected chi connectivity index (χ3v) is 7.50. The van der Waals surface area contributed by atoms with E-state index in [1.807, 2.05) is 35.7 Å². The van der Waals surface area contributed by atoms with Crippen molar-refractivity contribution in [2.45, 2.75) is 23.8 Å². The normalized spacial score (nSPS) is 12.5. The molecule has 0 aliphatic carbocycles. The number of aromatic nitrogens is 1. The molecule has 1 amide bonds. The van der Waals surface area contributed by atoms with Crippen LogP contribution in [-0.4, -0.2) is 31.9 Å². The molecule has 0 spiro atoms. The molecule has 2 heterocycles. The fraction of sp³-hybridized carbons (Fsp3) is 0.174. The Bertz CT molecular complexity index is 1420. The predicted molar refractivity (Wildman–Crippen MR) is 125 cm³/mol. The van der Waals surface area contributed by atoms with Crippen LogP contribution < -0.4 is 10.0 Å². The van der Waals surface area contributed by atoms with Crippen LogP contribution in [0.5, 0.6) is 0 Å². The molecular weight excluding hydrogens is 444 g/mol. The summed E-state index contributed by atoms with van der Waals surface area (Å²) in [5, 5.41) is 15.0. The molecule has 9 heteroatoms. The van der Waals surface area contributed by atoms with Crippen molar-refractivity contribution in [1.29, 1.82) is 5.26 Å². The van der Waals surface area contributed by atoms with Crippen molar-refractivity contribution in [3.63, 3.8) is 0 Å². The second-order valence-electron chi connectivity index (χ2n) is 7.19. The molecule has 0 fully saturated rings. The molecule has 2 N–H and O–H groups in total. The van der Waals surface area contributed by atoms with Gasteiger partial charge < -0.3 is 5.32 Å². The van der Waals surface area contributed by atoms with Gasteiger partial charge in [-0.2, -0.15) is 9.98 Å². The van der Waals surface area contributed by atoms with Gasteiger partial charge in [0.05, 0.1) is 22.9 Å². The average molecular weight is 465 g/mol. The second-order valence-corrected chi connectivity index (χ2v) is 9.82. The molecule has 162 valence electrons. The van der Waals surface area contributed by atoms with Gasteiger partial charge in [0.25, 0.3) is 0 Å². The number of sulfonamides is 1. The molecule has 4 rings (SSSR count). The van der Waals surface area contributed by atoms with E-state index < -0.39 is 22.0 Å². The van der Waals surface area contributed by atoms with E-state index in [4.69, 9.17) is 5.26 Å². The van der Waals surface area contributed by atoms with Gasteiger partial charge in [0.15, 0.2) is 0 Å². The average Bonchev–Trinajstić information content (AvgIpc) is 3.21. The lowest BCUT2D eigenvalue weighted by molar-refractivity contribution is -0.122. The summed E-state index contributed by atoms with van der Waals surface area (Å²) in [6.45, 7) is 0.152. The maximum Gasteiger partial charge on any atom is 0.241 e. The van der Waals surface area contributed by atoms with E-state index >= 15 is 0 Å². The van der Waals surface area contributed by atoms with Gasteiger partial charge in [-0.1, -0.05) is 24.3 Å². The van der Waals surface area contributed by atoms with Crippen LogP contribution in [0.25, 0.3) is 21.0 Å². The molecule has 1 atom stereocenters. The number of thiophene rings is 1. The second kappa shape index (κ2) is 9.44. The molecular formula is C23H20N4O3S2. The Morgan fingerprint density at radius 1 is 1.16 bits per heavy atom. The summed E-state index contributed by atoms with van der Waals surface area (Å²) in [5.41, 5.74) is 1.57. The van der Waals surface area contributed by atoms with Gasteiger partial charge in [-0.25, -0.2) is 8.42 Å². The van der Waals surface area contributed by atoms with Crippen molar-refractivity contribution in [1.82, 2.24) is 15.0 Å². The minimum Gasteiger partial charge on any atom is -0.354 e. The van der Waals surface area contributed by atoms with Crippen LogP contribution in [0.15, 0.2) is 71.1 Å². The highest BCUT2D eigenvalue weighted by Gasteiger charge is 2.27. The van der Waals surface area contributed by atoms with Gasteiger partial charge >= 0.3 is 0 Å². The zero-order valence-electron chi connectivity index (χ0n) is 17.0. The number of carbonyl (C=O) groups is 1. The van der Waals surface area contributed by atoms with Crippen molar-refractivity contribution in [3.8, 4) is 6.07 Å². The number of hydrogen-bond acceptors (Lipinski definition) is 6. The van der Waals surface area contributed by atoms with Crippen molar-refractivity contribution in [2.75, 3.05) is 6.54 Å². The topological polar surface area (TPSA) is 112 Å². The standard InChI is InChI=1S/C23H20N4O3S2/c24-10-4-12-26-23(28)21(14-17-15-31-22-7-2-1-6-19(17)22)27-32(29,30)18-8-9-20-16(13-18)5-3-11-25-20/h1-3,5-9,11,13,15,21,27H,4,12,14H2,(H,26,28). The quantitative estimate of drug-likeness (QED) is 0.388. The Hall–Kier alpha value is -3.32. The van der Waals surface area contributed by atoms with E-state index in [0.29, 0.717) is 10.9 Å². The fourth-order valence-electron chi connectivity index (χ4n) is 3.44. The van der Waals surface area contributed by atoms with Gasteiger partial charge in [-0.05, 0) is 53.1 Å². The first-order valence-corrected chi connectivity index (χ1v) is 12.3. The predicted octanol–water partition coefficient (Wildman–Crippen LogP) is 3.37. The third-order valence-electron chi connectivity index (χ3n) is 5.02. The van der Waals surface area contributed by atoms with Gasteiger partial charge in [0.1, 0.15) is 6.04 Å². The Kier molecular flexibility index (Phi) is 6.46. The summed E-state index contributed by atoms with van der Waals surface area (Å²) in [5.74, 6) is -0.471. The molecule has 0 saturated carbocycles. The van der Waals surface area contributed by atoms with E-state index in [2.05, 4.69) is 15.0 Å². The summed E-state index contributed by atoms with van der Waals surface area (Å²) < 4.78 is 29.9. The first-order valence-electron chi connectivity index (χ1n) is 9.95. The minimum absolute atomic E-state index is 0.0583. The zero-order valence-corrected chi connectivity index (χ0v) is 18.6. The minimum atomic E-state index is -3.98. The smallest absolute Gasteiger partial charge is 0.241 e. The fourth-order valence-corrected chi connectivity index (χ4v) is 5.65. The maximum absolute atomic E-state index is 13.2. The first-order chi connectivity index (χ1) is 15.5. The molecule has 4 aromatic rings. The number of pyridine rings is 1. The number of benzene rings is 2. The number of rotatable bonds is 8. The summed E-state index contributed by atoms with van der Waals surface area (Å²) >= 11 is 1.55. The van der Waals surface area contributed by atoms with Crippen LogP contribution in [0, 0.1) is 11.3 Å². The van der Waals surface area contributed by atoms with Crippen LogP contribution >= 0.6 is 11.3 Å². The first kappa shape index (κ1) is 21.9. The Balaban J connectivity index is 1.63.